The number of imidazole rings is 1. The number of nitrogens with zero attached hydrogens (tertiary/aromatic N) is 2. The molecule has 1 aliphatic carbocycles. The maximum absolute atomic E-state index is 13.9. The number of hydrogen-bond donors (Lipinski definition) is 4. The predicted octanol–water partition coefficient (Wildman–Crippen LogP) is 2.68. The van der Waals surface area contributed by atoms with Gasteiger partial charge in [0.1, 0.15) is 17.3 Å². The summed E-state index contributed by atoms with van der Waals surface area (Å²) in [7, 11) is 0. The van der Waals surface area contributed by atoms with Crippen molar-refractivity contribution in [1.29, 1.82) is 5.41 Å². The van der Waals surface area contributed by atoms with Crippen LogP contribution in [0.3, 0.4) is 0 Å². The monoisotopic (exact) mass is 317 g/mol. The molecule has 6 nitrogen and oxygen atoms in total. The van der Waals surface area contributed by atoms with E-state index in [0.717, 1.165) is 25.5 Å². The molecule has 0 unspecified atom stereocenters. The number of hydrogen-bond acceptors (Lipinski definition) is 5. The van der Waals surface area contributed by atoms with Gasteiger partial charge in [-0.25, -0.2) is 9.37 Å². The van der Waals surface area contributed by atoms with Gasteiger partial charge >= 0.3 is 0 Å². The molecular weight excluding hydrogens is 297 g/mol. The molecule has 0 saturated heterocycles. The fraction of sp³-hybridized carbons (Fsp3) is 0.375. The van der Waals surface area contributed by atoms with E-state index in [1.54, 1.807) is 18.2 Å². The van der Waals surface area contributed by atoms with Crippen LogP contribution in [-0.2, 0) is 0 Å². The number of aromatic nitrogens is 2. The van der Waals surface area contributed by atoms with Crippen LogP contribution in [0.5, 0.6) is 0 Å². The molecule has 1 aromatic heterocycles. The Morgan fingerprint density at radius 3 is 2.87 bits per heavy atom. The molecule has 122 valence electrons. The first kappa shape index (κ1) is 15.5. The molecule has 0 bridgehead atoms. The number of anilines is 3. The van der Waals surface area contributed by atoms with Gasteiger partial charge in [-0.15, -0.1) is 0 Å². The minimum absolute atomic E-state index is 0.0858. The van der Waals surface area contributed by atoms with E-state index in [-0.39, 0.29) is 24.4 Å². The van der Waals surface area contributed by atoms with Crippen molar-refractivity contribution >= 4 is 23.7 Å². The van der Waals surface area contributed by atoms with E-state index < -0.39 is 0 Å². The molecule has 1 saturated carbocycles. The highest BCUT2D eigenvalue weighted by Crippen LogP contribution is 2.39. The number of rotatable bonds is 5. The minimum Gasteiger partial charge on any atom is -0.396 e. The maximum Gasteiger partial charge on any atom is 0.209 e. The highest BCUT2D eigenvalue weighted by Gasteiger charge is 2.29. The smallest absolute Gasteiger partial charge is 0.209 e. The number of nitrogen functional groups attached to an aromatic ring is 1. The molecule has 1 fully saturated rings. The van der Waals surface area contributed by atoms with Crippen molar-refractivity contribution in [3.8, 4) is 0 Å². The highest BCUT2D eigenvalue weighted by molar-refractivity contribution is 5.83. The van der Waals surface area contributed by atoms with Gasteiger partial charge < -0.3 is 21.6 Å². The van der Waals surface area contributed by atoms with Crippen LogP contribution in [0.2, 0.25) is 0 Å². The van der Waals surface area contributed by atoms with Gasteiger partial charge in [-0.1, -0.05) is 12.1 Å². The Hall–Kier alpha value is -2.41. The molecule has 23 heavy (non-hydrogen) atoms. The van der Waals surface area contributed by atoms with Crippen LogP contribution in [0.1, 0.15) is 31.0 Å². The standard InChI is InChI=1S/C16H20FN5O/c17-12-3-1-2-4-13(12)20-16-21-14(8-18)15(19)22(16)11-6-5-10(7-11)9-23/h1-4,8,10-11,18,23H,5-7,9,19H2,(H,20,21)/t10-,11+/m1/s1. The molecule has 3 rings (SSSR count). The van der Waals surface area contributed by atoms with Gasteiger partial charge in [-0.05, 0) is 37.3 Å². The van der Waals surface area contributed by atoms with Crippen molar-refractivity contribution < 1.29 is 9.50 Å². The van der Waals surface area contributed by atoms with Crippen LogP contribution in [0.25, 0.3) is 0 Å². The Morgan fingerprint density at radius 1 is 1.43 bits per heavy atom. The van der Waals surface area contributed by atoms with Crippen LogP contribution in [0, 0.1) is 17.1 Å². The zero-order valence-corrected chi connectivity index (χ0v) is 12.7. The third-order valence-electron chi connectivity index (χ3n) is 4.37. The van der Waals surface area contributed by atoms with Gasteiger partial charge in [-0.2, -0.15) is 0 Å². The lowest BCUT2D eigenvalue weighted by Crippen LogP contribution is -2.13. The summed E-state index contributed by atoms with van der Waals surface area (Å²) in [5, 5.41) is 19.8. The number of halogens is 1. The van der Waals surface area contributed by atoms with Crippen LogP contribution >= 0.6 is 0 Å². The third kappa shape index (κ3) is 2.92. The van der Waals surface area contributed by atoms with Crippen molar-refractivity contribution in [3.63, 3.8) is 0 Å². The Labute approximate surface area is 133 Å². The molecule has 1 heterocycles. The summed E-state index contributed by atoms with van der Waals surface area (Å²) in [5.74, 6) is 0.681. The average Bonchev–Trinajstić information content (AvgIpc) is 3.13. The summed E-state index contributed by atoms with van der Waals surface area (Å²) in [6.07, 6.45) is 3.67. The van der Waals surface area contributed by atoms with E-state index in [4.69, 9.17) is 11.1 Å². The Balaban J connectivity index is 1.96. The second-order valence-corrected chi connectivity index (χ2v) is 5.84. The van der Waals surface area contributed by atoms with Crippen molar-refractivity contribution in [1.82, 2.24) is 9.55 Å². The lowest BCUT2D eigenvalue weighted by atomic mass is 10.1. The number of nitrogens with one attached hydrogen (secondary N) is 2. The largest absolute Gasteiger partial charge is 0.396 e. The van der Waals surface area contributed by atoms with E-state index in [0.29, 0.717) is 23.1 Å². The van der Waals surface area contributed by atoms with Gasteiger partial charge in [0.2, 0.25) is 5.95 Å². The summed E-state index contributed by atoms with van der Waals surface area (Å²) >= 11 is 0. The maximum atomic E-state index is 13.9. The van der Waals surface area contributed by atoms with Gasteiger partial charge in [0.15, 0.2) is 0 Å². The van der Waals surface area contributed by atoms with E-state index in [1.807, 2.05) is 4.57 Å². The average molecular weight is 317 g/mol. The molecule has 0 amide bonds. The number of para-hydroxylation sites is 1. The molecule has 2 atom stereocenters. The zero-order valence-electron chi connectivity index (χ0n) is 12.7. The van der Waals surface area contributed by atoms with Crippen LogP contribution < -0.4 is 11.1 Å². The minimum atomic E-state index is -0.378. The van der Waals surface area contributed by atoms with Crippen LogP contribution in [0.4, 0.5) is 21.8 Å². The topological polar surface area (TPSA) is 100.0 Å². The third-order valence-corrected chi connectivity index (χ3v) is 4.37. The van der Waals surface area contributed by atoms with Gasteiger partial charge in [0.25, 0.3) is 0 Å². The van der Waals surface area contributed by atoms with Crippen LogP contribution in [-0.4, -0.2) is 27.5 Å². The van der Waals surface area contributed by atoms with Crippen molar-refractivity contribution in [2.45, 2.75) is 25.3 Å². The Bertz CT molecular complexity index is 714. The van der Waals surface area contributed by atoms with Gasteiger partial charge in [0.05, 0.1) is 5.69 Å². The normalized spacial score (nSPS) is 20.6. The second-order valence-electron chi connectivity index (χ2n) is 5.84. The molecule has 0 spiro atoms. The fourth-order valence-corrected chi connectivity index (χ4v) is 3.16. The van der Waals surface area contributed by atoms with E-state index in [2.05, 4.69) is 10.3 Å². The van der Waals surface area contributed by atoms with E-state index in [1.165, 1.54) is 6.07 Å². The summed E-state index contributed by atoms with van der Waals surface area (Å²) in [6.45, 7) is 0.151. The SMILES string of the molecule is N=Cc1nc(Nc2ccccc2F)n([C@H]2CC[C@@H](CO)C2)c1N. The first-order valence-electron chi connectivity index (χ1n) is 7.64. The zero-order chi connectivity index (χ0) is 16.4. The summed E-state index contributed by atoms with van der Waals surface area (Å²) in [4.78, 5) is 4.31. The van der Waals surface area contributed by atoms with Gasteiger partial charge in [0, 0.05) is 18.9 Å². The number of nitrogens with two attached hydrogens (primary N) is 1. The molecule has 0 aliphatic heterocycles. The summed E-state index contributed by atoms with van der Waals surface area (Å²) in [5.41, 5.74) is 6.80. The van der Waals surface area contributed by atoms with Crippen LogP contribution in [0.15, 0.2) is 24.3 Å². The van der Waals surface area contributed by atoms with Gasteiger partial charge in [-0.3, -0.25) is 4.57 Å². The molecule has 1 aromatic carbocycles. The second kappa shape index (κ2) is 6.37. The number of aliphatic hydroxyl groups is 1. The molecule has 2 aromatic rings. The first-order valence-corrected chi connectivity index (χ1v) is 7.64. The molecule has 1 aliphatic rings. The van der Waals surface area contributed by atoms with Crippen molar-refractivity contribution in [3.05, 3.63) is 35.8 Å². The molecule has 5 N–H and O–H groups in total. The Morgan fingerprint density at radius 2 is 2.22 bits per heavy atom. The fourth-order valence-electron chi connectivity index (χ4n) is 3.16. The summed E-state index contributed by atoms with van der Waals surface area (Å²) in [6, 6.07) is 6.43. The molecule has 0 radical (unpaired) electrons. The highest BCUT2D eigenvalue weighted by atomic mass is 19.1. The predicted molar refractivity (Wildman–Crippen MR) is 87.7 cm³/mol. The van der Waals surface area contributed by atoms with Crippen molar-refractivity contribution in [2.24, 2.45) is 5.92 Å². The quantitative estimate of drug-likeness (QED) is 0.637. The first-order chi connectivity index (χ1) is 11.1. The number of aliphatic hydroxyl groups excluding tert-OH is 1. The molecule has 7 heteroatoms. The lowest BCUT2D eigenvalue weighted by Gasteiger charge is -2.18. The van der Waals surface area contributed by atoms with Crippen molar-refractivity contribution in [2.75, 3.05) is 17.7 Å². The summed E-state index contributed by atoms with van der Waals surface area (Å²) < 4.78 is 15.7. The van der Waals surface area contributed by atoms with E-state index in [9.17, 15) is 9.50 Å². The number of benzene rings is 1. The van der Waals surface area contributed by atoms with E-state index >= 15 is 0 Å². The molecular formula is C16H20FN5O. The Kier molecular flexibility index (Phi) is 4.29. The lowest BCUT2D eigenvalue weighted by molar-refractivity contribution is 0.226.